The van der Waals surface area contributed by atoms with Gasteiger partial charge in [0.25, 0.3) is 5.91 Å². The number of hydrogen-bond donors (Lipinski definition) is 1. The highest BCUT2D eigenvalue weighted by Crippen LogP contribution is 2.30. The van der Waals surface area contributed by atoms with Crippen LogP contribution in [0, 0.1) is 19.8 Å². The largest absolute Gasteiger partial charge is 0.350 e. The Kier molecular flexibility index (Phi) is 6.50. The summed E-state index contributed by atoms with van der Waals surface area (Å²) >= 11 is 1.63. The maximum atomic E-state index is 13.0. The predicted molar refractivity (Wildman–Crippen MR) is 113 cm³/mol. The first-order valence-electron chi connectivity index (χ1n) is 9.93. The van der Waals surface area contributed by atoms with Crippen molar-refractivity contribution in [2.24, 2.45) is 5.92 Å². The molecule has 2 aromatic rings. The van der Waals surface area contributed by atoms with Crippen molar-refractivity contribution in [3.8, 4) is 0 Å². The molecule has 1 saturated heterocycles. The fraction of sp³-hybridized carbons (Fsp3) is 0.500. The molecule has 0 radical (unpaired) electrons. The standard InChI is InChI=1S/C22H29N3O2S/c1-14(2)20(26)23-11-19-13-28-21(24-19)17-6-5-7-25(12-17)22(27)18-9-15(3)8-16(4)10-18/h8-10,13-14,17H,5-7,11-12H2,1-4H3,(H,23,26)/t17-/m1/s1. The van der Waals surface area contributed by atoms with Crippen LogP contribution in [0.2, 0.25) is 0 Å². The molecule has 1 aromatic heterocycles. The van der Waals surface area contributed by atoms with Crippen LogP contribution in [-0.4, -0.2) is 34.8 Å². The van der Waals surface area contributed by atoms with Gasteiger partial charge in [-0.3, -0.25) is 9.59 Å². The lowest BCUT2D eigenvalue weighted by Gasteiger charge is -2.32. The summed E-state index contributed by atoms with van der Waals surface area (Å²) < 4.78 is 0. The molecule has 28 heavy (non-hydrogen) atoms. The van der Waals surface area contributed by atoms with E-state index in [0.717, 1.165) is 46.8 Å². The Morgan fingerprint density at radius 2 is 1.96 bits per heavy atom. The molecule has 0 aliphatic carbocycles. The minimum absolute atomic E-state index is 0.0266. The van der Waals surface area contributed by atoms with Gasteiger partial charge in [0.2, 0.25) is 5.91 Å². The highest BCUT2D eigenvalue weighted by atomic mass is 32.1. The van der Waals surface area contributed by atoms with E-state index in [1.807, 2.05) is 50.1 Å². The Labute approximate surface area is 171 Å². The zero-order chi connectivity index (χ0) is 20.3. The van der Waals surface area contributed by atoms with Crippen LogP contribution in [0.3, 0.4) is 0 Å². The number of rotatable bonds is 5. The molecular weight excluding hydrogens is 370 g/mol. The molecule has 150 valence electrons. The summed E-state index contributed by atoms with van der Waals surface area (Å²) in [6.45, 7) is 9.78. The molecule has 0 unspecified atom stereocenters. The van der Waals surface area contributed by atoms with Gasteiger partial charge < -0.3 is 10.2 Å². The van der Waals surface area contributed by atoms with Crippen LogP contribution in [0.4, 0.5) is 0 Å². The number of piperidine rings is 1. The lowest BCUT2D eigenvalue weighted by atomic mass is 9.97. The van der Waals surface area contributed by atoms with E-state index in [4.69, 9.17) is 4.98 Å². The second-order valence-corrected chi connectivity index (χ2v) is 8.91. The monoisotopic (exact) mass is 399 g/mol. The summed E-state index contributed by atoms with van der Waals surface area (Å²) in [5, 5.41) is 5.99. The van der Waals surface area contributed by atoms with Crippen molar-refractivity contribution in [2.75, 3.05) is 13.1 Å². The summed E-state index contributed by atoms with van der Waals surface area (Å²) in [6.07, 6.45) is 2.03. The number of carbonyl (C=O) groups is 2. The molecule has 1 aromatic carbocycles. The van der Waals surface area contributed by atoms with Crippen LogP contribution < -0.4 is 5.32 Å². The number of aryl methyl sites for hydroxylation is 2. The third kappa shape index (κ3) is 4.98. The lowest BCUT2D eigenvalue weighted by Crippen LogP contribution is -2.39. The van der Waals surface area contributed by atoms with E-state index in [1.165, 1.54) is 0 Å². The maximum Gasteiger partial charge on any atom is 0.253 e. The van der Waals surface area contributed by atoms with E-state index >= 15 is 0 Å². The summed E-state index contributed by atoms with van der Waals surface area (Å²) in [7, 11) is 0. The number of amides is 2. The van der Waals surface area contributed by atoms with Crippen molar-refractivity contribution in [1.82, 2.24) is 15.2 Å². The number of benzene rings is 1. The van der Waals surface area contributed by atoms with Gasteiger partial charge in [-0.25, -0.2) is 4.98 Å². The first kappa shape index (κ1) is 20.5. The van der Waals surface area contributed by atoms with E-state index in [2.05, 4.69) is 11.4 Å². The quantitative estimate of drug-likeness (QED) is 0.825. The number of thiazole rings is 1. The van der Waals surface area contributed by atoms with Crippen molar-refractivity contribution >= 4 is 23.2 Å². The van der Waals surface area contributed by atoms with E-state index in [1.54, 1.807) is 11.3 Å². The minimum atomic E-state index is -0.0266. The molecule has 1 fully saturated rings. The van der Waals surface area contributed by atoms with E-state index in [-0.39, 0.29) is 23.7 Å². The van der Waals surface area contributed by atoms with Gasteiger partial charge in [0.1, 0.15) is 0 Å². The van der Waals surface area contributed by atoms with Crippen molar-refractivity contribution in [2.45, 2.75) is 53.0 Å². The van der Waals surface area contributed by atoms with E-state index in [0.29, 0.717) is 13.1 Å². The molecule has 1 aliphatic heterocycles. The molecule has 6 heteroatoms. The van der Waals surface area contributed by atoms with Crippen molar-refractivity contribution in [3.05, 3.63) is 51.0 Å². The molecule has 1 aliphatic rings. The van der Waals surface area contributed by atoms with E-state index < -0.39 is 0 Å². The van der Waals surface area contributed by atoms with Crippen molar-refractivity contribution in [1.29, 1.82) is 0 Å². The fourth-order valence-corrected chi connectivity index (χ4v) is 4.56. The smallest absolute Gasteiger partial charge is 0.253 e. The molecule has 0 saturated carbocycles. The van der Waals surface area contributed by atoms with Gasteiger partial charge in [0.15, 0.2) is 0 Å². The molecule has 2 amide bonds. The topological polar surface area (TPSA) is 62.3 Å². The van der Waals surface area contributed by atoms with Crippen LogP contribution in [0.5, 0.6) is 0 Å². The van der Waals surface area contributed by atoms with Gasteiger partial charge in [-0.1, -0.05) is 31.0 Å². The summed E-state index contributed by atoms with van der Waals surface area (Å²) in [6, 6.07) is 6.03. The van der Waals surface area contributed by atoms with Gasteiger partial charge in [-0.15, -0.1) is 11.3 Å². The average molecular weight is 400 g/mol. The molecule has 2 heterocycles. The molecule has 1 atom stereocenters. The van der Waals surface area contributed by atoms with Crippen LogP contribution in [0.1, 0.15) is 64.8 Å². The predicted octanol–water partition coefficient (Wildman–Crippen LogP) is 4.05. The molecule has 0 spiro atoms. The van der Waals surface area contributed by atoms with Gasteiger partial charge in [-0.2, -0.15) is 0 Å². The number of carbonyl (C=O) groups excluding carboxylic acids is 2. The van der Waals surface area contributed by atoms with Crippen LogP contribution >= 0.6 is 11.3 Å². The lowest BCUT2D eigenvalue weighted by molar-refractivity contribution is -0.124. The third-order valence-electron chi connectivity index (χ3n) is 5.06. The molecular formula is C22H29N3O2S. The number of nitrogens with zero attached hydrogens (tertiary/aromatic N) is 2. The number of nitrogens with one attached hydrogen (secondary N) is 1. The molecule has 0 bridgehead atoms. The Bertz CT molecular complexity index is 839. The zero-order valence-electron chi connectivity index (χ0n) is 17.1. The Balaban J connectivity index is 1.65. The van der Waals surface area contributed by atoms with Gasteiger partial charge in [0, 0.05) is 35.9 Å². The van der Waals surface area contributed by atoms with Crippen molar-refractivity contribution < 1.29 is 9.59 Å². The Morgan fingerprint density at radius 3 is 2.64 bits per heavy atom. The maximum absolute atomic E-state index is 13.0. The van der Waals surface area contributed by atoms with Crippen LogP contribution in [-0.2, 0) is 11.3 Å². The number of likely N-dealkylation sites (tertiary alicyclic amines) is 1. The molecule has 5 nitrogen and oxygen atoms in total. The van der Waals surface area contributed by atoms with Gasteiger partial charge in [0.05, 0.1) is 17.2 Å². The summed E-state index contributed by atoms with van der Waals surface area (Å²) in [5.41, 5.74) is 3.90. The molecule has 3 rings (SSSR count). The second-order valence-electron chi connectivity index (χ2n) is 8.02. The van der Waals surface area contributed by atoms with E-state index in [9.17, 15) is 9.59 Å². The number of aromatic nitrogens is 1. The average Bonchev–Trinajstić information content (AvgIpc) is 3.13. The highest BCUT2D eigenvalue weighted by Gasteiger charge is 2.27. The van der Waals surface area contributed by atoms with Crippen LogP contribution in [0.15, 0.2) is 23.6 Å². The van der Waals surface area contributed by atoms with Gasteiger partial charge in [-0.05, 0) is 38.8 Å². The van der Waals surface area contributed by atoms with Crippen molar-refractivity contribution in [3.63, 3.8) is 0 Å². The SMILES string of the molecule is Cc1cc(C)cc(C(=O)N2CCC[C@@H](c3nc(CNC(=O)C(C)C)cs3)C2)c1. The first-order valence-corrected chi connectivity index (χ1v) is 10.8. The zero-order valence-corrected chi connectivity index (χ0v) is 17.9. The summed E-state index contributed by atoms with van der Waals surface area (Å²) in [5.74, 6) is 0.388. The summed E-state index contributed by atoms with van der Waals surface area (Å²) in [4.78, 5) is 31.4. The minimum Gasteiger partial charge on any atom is -0.350 e. The fourth-order valence-electron chi connectivity index (χ4n) is 3.62. The normalized spacial score (nSPS) is 17.0. The third-order valence-corrected chi connectivity index (χ3v) is 6.12. The Hall–Kier alpha value is -2.21. The second kappa shape index (κ2) is 8.86. The van der Waals surface area contributed by atoms with Crippen LogP contribution in [0.25, 0.3) is 0 Å². The first-order chi connectivity index (χ1) is 13.3. The van der Waals surface area contributed by atoms with Gasteiger partial charge >= 0.3 is 0 Å². The highest BCUT2D eigenvalue weighted by molar-refractivity contribution is 7.09. The number of hydrogen-bond acceptors (Lipinski definition) is 4. The molecule has 1 N–H and O–H groups in total. The Morgan fingerprint density at radius 1 is 1.25 bits per heavy atom.